The Morgan fingerprint density at radius 3 is 2.79 bits per heavy atom. The molecule has 124 valence electrons. The number of imidazole rings is 1. The molecule has 3 aromatic rings. The van der Waals surface area contributed by atoms with E-state index in [-0.39, 0.29) is 18.5 Å². The molecule has 8 nitrogen and oxygen atoms in total. The lowest BCUT2D eigenvalue weighted by Gasteiger charge is -2.43. The highest BCUT2D eigenvalue weighted by molar-refractivity contribution is 5.78. The van der Waals surface area contributed by atoms with Crippen LogP contribution in [0.1, 0.15) is 24.2 Å². The maximum atomic E-state index is 10.8. The molecule has 8 heteroatoms. The maximum Gasteiger partial charge on any atom is 0.240 e. The number of hydrogen-bond acceptors (Lipinski definition) is 7. The van der Waals surface area contributed by atoms with E-state index in [0.717, 1.165) is 22.4 Å². The van der Waals surface area contributed by atoms with Gasteiger partial charge in [0.2, 0.25) is 11.9 Å². The first-order valence-electron chi connectivity index (χ1n) is 7.78. The molecule has 2 heterocycles. The van der Waals surface area contributed by atoms with Crippen LogP contribution in [-0.2, 0) is 5.60 Å². The summed E-state index contributed by atoms with van der Waals surface area (Å²) in [6.07, 6.45) is 2.47. The average molecular weight is 326 g/mol. The summed E-state index contributed by atoms with van der Waals surface area (Å²) < 4.78 is 1.79. The summed E-state index contributed by atoms with van der Waals surface area (Å²) in [7, 11) is 0. The van der Waals surface area contributed by atoms with Gasteiger partial charge in [0.25, 0.3) is 0 Å². The highest BCUT2D eigenvalue weighted by Gasteiger charge is 2.43. The predicted molar refractivity (Wildman–Crippen MR) is 87.3 cm³/mol. The van der Waals surface area contributed by atoms with Crippen LogP contribution in [-0.4, -0.2) is 41.3 Å². The Labute approximate surface area is 138 Å². The van der Waals surface area contributed by atoms with Gasteiger partial charge in [-0.15, -0.1) is 0 Å². The van der Waals surface area contributed by atoms with Crippen molar-refractivity contribution in [3.63, 3.8) is 0 Å². The van der Waals surface area contributed by atoms with Crippen LogP contribution in [0.4, 0.5) is 5.95 Å². The molecule has 0 radical (unpaired) electrons. The number of nitrogens with zero attached hydrogens (tertiary/aromatic N) is 5. The number of hydrogen-bond donors (Lipinski definition) is 3. The van der Waals surface area contributed by atoms with Crippen LogP contribution in [0.2, 0.25) is 0 Å². The summed E-state index contributed by atoms with van der Waals surface area (Å²) in [6, 6.07) is 5.67. The number of fused-ring (bicyclic) bond motifs is 1. The number of anilines is 1. The number of aliphatic hydroxyl groups excluding tert-OH is 1. The van der Waals surface area contributed by atoms with Gasteiger partial charge < -0.3 is 15.9 Å². The van der Waals surface area contributed by atoms with Gasteiger partial charge in [0.1, 0.15) is 12.2 Å². The van der Waals surface area contributed by atoms with Crippen LogP contribution in [0, 0.1) is 12.8 Å². The zero-order valence-electron chi connectivity index (χ0n) is 13.2. The van der Waals surface area contributed by atoms with Crippen LogP contribution in [0.5, 0.6) is 0 Å². The van der Waals surface area contributed by atoms with Crippen molar-refractivity contribution in [2.45, 2.75) is 25.4 Å². The highest BCUT2D eigenvalue weighted by atomic mass is 16.3. The summed E-state index contributed by atoms with van der Waals surface area (Å²) in [4.78, 5) is 16.7. The Morgan fingerprint density at radius 1 is 1.29 bits per heavy atom. The zero-order valence-corrected chi connectivity index (χ0v) is 13.2. The van der Waals surface area contributed by atoms with Gasteiger partial charge >= 0.3 is 0 Å². The number of nitrogen functional groups attached to an aromatic ring is 1. The van der Waals surface area contributed by atoms with Gasteiger partial charge in [0.05, 0.1) is 16.6 Å². The van der Waals surface area contributed by atoms with E-state index in [2.05, 4.69) is 19.9 Å². The fourth-order valence-corrected chi connectivity index (χ4v) is 3.41. The van der Waals surface area contributed by atoms with Crippen molar-refractivity contribution < 1.29 is 10.2 Å². The predicted octanol–water partition coefficient (Wildman–Crippen LogP) is 0.691. The fraction of sp³-hybridized carbons (Fsp3) is 0.375. The molecule has 4 N–H and O–H groups in total. The third-order valence-electron chi connectivity index (χ3n) is 4.65. The van der Waals surface area contributed by atoms with Crippen LogP contribution >= 0.6 is 0 Å². The first kappa shape index (κ1) is 15.0. The summed E-state index contributed by atoms with van der Waals surface area (Å²) >= 11 is 0. The minimum atomic E-state index is -0.900. The van der Waals surface area contributed by atoms with Crippen molar-refractivity contribution >= 4 is 17.0 Å². The van der Waals surface area contributed by atoms with Gasteiger partial charge in [-0.3, -0.25) is 4.57 Å². The maximum absolute atomic E-state index is 10.8. The molecule has 0 atom stereocenters. The van der Waals surface area contributed by atoms with Gasteiger partial charge in [0.15, 0.2) is 0 Å². The first-order valence-corrected chi connectivity index (χ1v) is 7.78. The minimum Gasteiger partial charge on any atom is -0.396 e. The molecule has 0 aliphatic heterocycles. The fourth-order valence-electron chi connectivity index (χ4n) is 3.41. The average Bonchev–Trinajstić information content (AvgIpc) is 2.86. The SMILES string of the molecule is Cc1nc2ccc(C3(O)CC(CO)C3)cc2n1-c1ncnc(N)n1. The molecule has 1 aliphatic rings. The van der Waals surface area contributed by atoms with Gasteiger partial charge in [0, 0.05) is 6.61 Å². The van der Waals surface area contributed by atoms with E-state index in [1.807, 2.05) is 25.1 Å². The summed E-state index contributed by atoms with van der Waals surface area (Å²) in [5.41, 5.74) is 7.16. The molecule has 4 rings (SSSR count). The third kappa shape index (κ3) is 2.22. The molecule has 0 saturated heterocycles. The van der Waals surface area contributed by atoms with Crippen molar-refractivity contribution in [1.29, 1.82) is 0 Å². The molecule has 1 aliphatic carbocycles. The number of aromatic nitrogens is 5. The van der Waals surface area contributed by atoms with E-state index in [4.69, 9.17) is 5.73 Å². The van der Waals surface area contributed by atoms with Crippen LogP contribution in [0.15, 0.2) is 24.5 Å². The molecule has 0 spiro atoms. The molecule has 1 saturated carbocycles. The van der Waals surface area contributed by atoms with Gasteiger partial charge in [-0.1, -0.05) is 6.07 Å². The highest BCUT2D eigenvalue weighted by Crippen LogP contribution is 2.45. The second-order valence-corrected chi connectivity index (χ2v) is 6.33. The normalized spacial score (nSPS) is 23.4. The van der Waals surface area contributed by atoms with Crippen molar-refractivity contribution in [3.05, 3.63) is 35.9 Å². The Morgan fingerprint density at radius 2 is 2.08 bits per heavy atom. The van der Waals surface area contributed by atoms with E-state index in [1.54, 1.807) is 4.57 Å². The monoisotopic (exact) mass is 326 g/mol. The molecule has 2 aromatic heterocycles. The Bertz CT molecular complexity index is 916. The standard InChI is InChI=1S/C16H18N6O2/c1-9-20-12-3-2-11(16(24)5-10(6-16)7-23)4-13(12)22(9)15-19-8-18-14(17)21-15/h2-4,8,10,23-24H,5-7H2,1H3,(H2,17,18,19,21). The second kappa shape index (κ2) is 5.22. The van der Waals surface area contributed by atoms with E-state index < -0.39 is 5.60 Å². The van der Waals surface area contributed by atoms with E-state index in [9.17, 15) is 10.2 Å². The van der Waals surface area contributed by atoms with E-state index in [0.29, 0.717) is 18.8 Å². The Balaban J connectivity index is 1.83. The smallest absolute Gasteiger partial charge is 0.240 e. The molecular formula is C16H18N6O2. The van der Waals surface area contributed by atoms with Crippen molar-refractivity contribution in [2.24, 2.45) is 5.92 Å². The number of nitrogens with two attached hydrogens (primary N) is 1. The Kier molecular flexibility index (Phi) is 3.26. The topological polar surface area (TPSA) is 123 Å². The molecule has 0 bridgehead atoms. The quantitative estimate of drug-likeness (QED) is 0.647. The van der Waals surface area contributed by atoms with Crippen LogP contribution < -0.4 is 5.73 Å². The van der Waals surface area contributed by atoms with Gasteiger partial charge in [-0.2, -0.15) is 4.98 Å². The number of rotatable bonds is 3. The molecule has 0 unspecified atom stereocenters. The third-order valence-corrected chi connectivity index (χ3v) is 4.65. The first-order chi connectivity index (χ1) is 11.5. The van der Waals surface area contributed by atoms with Crippen LogP contribution in [0.3, 0.4) is 0 Å². The largest absolute Gasteiger partial charge is 0.396 e. The van der Waals surface area contributed by atoms with E-state index >= 15 is 0 Å². The second-order valence-electron chi connectivity index (χ2n) is 6.33. The van der Waals surface area contributed by atoms with Gasteiger partial charge in [-0.25, -0.2) is 15.0 Å². The van der Waals surface area contributed by atoms with Gasteiger partial charge in [-0.05, 0) is 43.4 Å². The van der Waals surface area contributed by atoms with E-state index in [1.165, 1.54) is 6.33 Å². The zero-order chi connectivity index (χ0) is 16.9. The summed E-state index contributed by atoms with van der Waals surface area (Å²) in [5, 5.41) is 20.0. The lowest BCUT2D eigenvalue weighted by molar-refractivity contribution is -0.0933. The van der Waals surface area contributed by atoms with Crippen molar-refractivity contribution in [3.8, 4) is 5.95 Å². The van der Waals surface area contributed by atoms with Crippen molar-refractivity contribution in [2.75, 3.05) is 12.3 Å². The molecule has 0 amide bonds. The van der Waals surface area contributed by atoms with Crippen molar-refractivity contribution in [1.82, 2.24) is 24.5 Å². The minimum absolute atomic E-state index is 0.103. The van der Waals surface area contributed by atoms with Crippen LogP contribution in [0.25, 0.3) is 17.0 Å². The molecule has 1 aromatic carbocycles. The lowest BCUT2D eigenvalue weighted by atomic mass is 9.68. The molecular weight excluding hydrogens is 308 g/mol. The lowest BCUT2D eigenvalue weighted by Crippen LogP contribution is -2.42. The molecule has 24 heavy (non-hydrogen) atoms. The summed E-state index contributed by atoms with van der Waals surface area (Å²) in [6.45, 7) is 1.96. The Hall–Kier alpha value is -2.58. The molecule has 1 fully saturated rings. The number of aliphatic hydroxyl groups is 2. The summed E-state index contributed by atoms with van der Waals surface area (Å²) in [5.74, 6) is 1.41. The number of benzene rings is 1. The number of aryl methyl sites for hydroxylation is 1.